The first-order valence-corrected chi connectivity index (χ1v) is 7.31. The molecule has 1 unspecified atom stereocenters. The molecule has 0 aromatic heterocycles. The second-order valence-corrected chi connectivity index (χ2v) is 5.84. The van der Waals surface area contributed by atoms with Gasteiger partial charge in [-0.05, 0) is 31.2 Å². The molecule has 1 heteroatoms. The monoisotopic (exact) mass is 227 g/mol. The molecule has 1 nitrogen and oxygen atoms in total. The van der Waals surface area contributed by atoms with Gasteiger partial charge in [0.2, 0.25) is 0 Å². The molecule has 16 heavy (non-hydrogen) atoms. The molecule has 0 fully saturated rings. The molecule has 0 aliphatic carbocycles. The first-order valence-electron chi connectivity index (χ1n) is 7.31. The van der Waals surface area contributed by atoms with Gasteiger partial charge in [-0.3, -0.25) is 0 Å². The van der Waals surface area contributed by atoms with Crippen molar-refractivity contribution in [2.45, 2.75) is 79.2 Å². The first kappa shape index (κ1) is 16.0. The van der Waals surface area contributed by atoms with Gasteiger partial charge in [0.1, 0.15) is 0 Å². The number of rotatable bonds is 10. The zero-order valence-corrected chi connectivity index (χ0v) is 12.2. The smallest absolute Gasteiger partial charge is 0.00900 e. The minimum absolute atomic E-state index is 0.735. The van der Waals surface area contributed by atoms with Crippen molar-refractivity contribution in [1.29, 1.82) is 0 Å². The molecule has 0 amide bonds. The topological polar surface area (TPSA) is 12.0 Å². The predicted octanol–water partition coefficient (Wildman–Crippen LogP) is 4.62. The van der Waals surface area contributed by atoms with E-state index in [1.165, 1.54) is 45.1 Å². The average molecular weight is 227 g/mol. The molecule has 0 aliphatic rings. The molecule has 0 radical (unpaired) electrons. The zero-order chi connectivity index (χ0) is 12.4. The Morgan fingerprint density at radius 3 is 2.00 bits per heavy atom. The molecule has 1 atom stereocenters. The molecule has 0 aromatic rings. The molecule has 0 heterocycles. The predicted molar refractivity (Wildman–Crippen MR) is 74.8 cm³/mol. The van der Waals surface area contributed by atoms with Gasteiger partial charge >= 0.3 is 0 Å². The van der Waals surface area contributed by atoms with Crippen molar-refractivity contribution >= 4 is 0 Å². The molecule has 0 spiro atoms. The maximum atomic E-state index is 3.67. The number of nitrogens with one attached hydrogen (secondary N) is 1. The summed E-state index contributed by atoms with van der Waals surface area (Å²) < 4.78 is 0. The summed E-state index contributed by atoms with van der Waals surface area (Å²) in [4.78, 5) is 0. The summed E-state index contributed by atoms with van der Waals surface area (Å²) in [6.07, 6.45) is 8.22. The van der Waals surface area contributed by atoms with Crippen LogP contribution in [0.1, 0.15) is 73.1 Å². The van der Waals surface area contributed by atoms with Gasteiger partial charge in [0.05, 0.1) is 0 Å². The second kappa shape index (κ2) is 10.1. The minimum atomic E-state index is 0.735. The lowest BCUT2D eigenvalue weighted by molar-refractivity contribution is 0.362. The van der Waals surface area contributed by atoms with Crippen LogP contribution in [0.25, 0.3) is 0 Å². The van der Waals surface area contributed by atoms with Gasteiger partial charge in [0, 0.05) is 6.04 Å². The van der Waals surface area contributed by atoms with Gasteiger partial charge in [-0.25, -0.2) is 0 Å². The maximum absolute atomic E-state index is 3.67. The standard InChI is InChI=1S/C15H33N/c1-6-12-16-15(14(4)5)11-9-7-8-10-13(2)3/h13-16H,6-12H2,1-5H3. The third kappa shape index (κ3) is 9.21. The summed E-state index contributed by atoms with van der Waals surface area (Å²) in [6, 6.07) is 0.735. The third-order valence-electron chi connectivity index (χ3n) is 3.26. The van der Waals surface area contributed by atoms with E-state index in [2.05, 4.69) is 39.9 Å². The summed E-state index contributed by atoms with van der Waals surface area (Å²) in [5, 5.41) is 3.67. The van der Waals surface area contributed by atoms with Crippen LogP contribution in [0.15, 0.2) is 0 Å². The average Bonchev–Trinajstić information content (AvgIpc) is 2.21. The van der Waals surface area contributed by atoms with Gasteiger partial charge in [0.15, 0.2) is 0 Å². The first-order chi connectivity index (χ1) is 7.57. The van der Waals surface area contributed by atoms with Gasteiger partial charge in [-0.15, -0.1) is 0 Å². The number of unbranched alkanes of at least 4 members (excludes halogenated alkanes) is 2. The van der Waals surface area contributed by atoms with Crippen LogP contribution in [0, 0.1) is 11.8 Å². The fraction of sp³-hybridized carbons (Fsp3) is 1.00. The molecule has 0 saturated carbocycles. The molecule has 0 bridgehead atoms. The van der Waals surface area contributed by atoms with Crippen LogP contribution in [0.5, 0.6) is 0 Å². The van der Waals surface area contributed by atoms with E-state index in [0.29, 0.717) is 0 Å². The largest absolute Gasteiger partial charge is 0.314 e. The Balaban J connectivity index is 3.52. The Hall–Kier alpha value is -0.0400. The van der Waals surface area contributed by atoms with Crippen LogP contribution in [0.4, 0.5) is 0 Å². The minimum Gasteiger partial charge on any atom is -0.314 e. The Morgan fingerprint density at radius 2 is 1.50 bits per heavy atom. The van der Waals surface area contributed by atoms with Crippen molar-refractivity contribution in [2.24, 2.45) is 11.8 Å². The molecule has 0 rings (SSSR count). The van der Waals surface area contributed by atoms with E-state index >= 15 is 0 Å². The van der Waals surface area contributed by atoms with Crippen LogP contribution in [-0.2, 0) is 0 Å². The van der Waals surface area contributed by atoms with E-state index in [0.717, 1.165) is 17.9 Å². The van der Waals surface area contributed by atoms with E-state index in [-0.39, 0.29) is 0 Å². The third-order valence-corrected chi connectivity index (χ3v) is 3.26. The molecular weight excluding hydrogens is 194 g/mol. The molecule has 1 N–H and O–H groups in total. The van der Waals surface area contributed by atoms with E-state index in [1.54, 1.807) is 0 Å². The highest BCUT2D eigenvalue weighted by molar-refractivity contribution is 4.70. The van der Waals surface area contributed by atoms with Crippen molar-refractivity contribution in [2.75, 3.05) is 6.54 Å². The summed E-state index contributed by atoms with van der Waals surface area (Å²) >= 11 is 0. The summed E-state index contributed by atoms with van der Waals surface area (Å²) in [5.41, 5.74) is 0. The SMILES string of the molecule is CCCNC(CCCCCC(C)C)C(C)C. The van der Waals surface area contributed by atoms with Crippen molar-refractivity contribution in [3.05, 3.63) is 0 Å². The maximum Gasteiger partial charge on any atom is 0.00900 e. The lowest BCUT2D eigenvalue weighted by Gasteiger charge is -2.22. The van der Waals surface area contributed by atoms with Gasteiger partial charge < -0.3 is 5.32 Å². The van der Waals surface area contributed by atoms with Gasteiger partial charge in [-0.1, -0.05) is 60.3 Å². The van der Waals surface area contributed by atoms with E-state index in [1.807, 2.05) is 0 Å². The van der Waals surface area contributed by atoms with Crippen molar-refractivity contribution in [3.63, 3.8) is 0 Å². The van der Waals surface area contributed by atoms with Crippen LogP contribution < -0.4 is 5.32 Å². The molecule has 0 aromatic carbocycles. The molecule has 0 saturated heterocycles. The van der Waals surface area contributed by atoms with E-state index in [9.17, 15) is 0 Å². The second-order valence-electron chi connectivity index (χ2n) is 5.84. The highest BCUT2D eigenvalue weighted by Crippen LogP contribution is 2.14. The van der Waals surface area contributed by atoms with E-state index in [4.69, 9.17) is 0 Å². The van der Waals surface area contributed by atoms with Crippen molar-refractivity contribution in [1.82, 2.24) is 5.32 Å². The number of hydrogen-bond acceptors (Lipinski definition) is 1. The van der Waals surface area contributed by atoms with Crippen LogP contribution in [0.3, 0.4) is 0 Å². The molecule has 0 aliphatic heterocycles. The fourth-order valence-electron chi connectivity index (χ4n) is 2.09. The van der Waals surface area contributed by atoms with Crippen LogP contribution in [-0.4, -0.2) is 12.6 Å². The highest BCUT2D eigenvalue weighted by Gasteiger charge is 2.11. The zero-order valence-electron chi connectivity index (χ0n) is 12.2. The fourth-order valence-corrected chi connectivity index (χ4v) is 2.09. The lowest BCUT2D eigenvalue weighted by Crippen LogP contribution is -2.34. The molecular formula is C15H33N. The summed E-state index contributed by atoms with van der Waals surface area (Å²) in [7, 11) is 0. The normalized spacial score (nSPS) is 13.7. The van der Waals surface area contributed by atoms with E-state index < -0.39 is 0 Å². The Morgan fingerprint density at radius 1 is 0.875 bits per heavy atom. The van der Waals surface area contributed by atoms with Crippen LogP contribution in [0.2, 0.25) is 0 Å². The number of hydrogen-bond donors (Lipinski definition) is 1. The summed E-state index contributed by atoms with van der Waals surface area (Å²) in [6.45, 7) is 12.7. The van der Waals surface area contributed by atoms with Crippen LogP contribution >= 0.6 is 0 Å². The lowest BCUT2D eigenvalue weighted by atomic mass is 9.96. The highest BCUT2D eigenvalue weighted by atomic mass is 14.9. The molecule has 98 valence electrons. The Labute approximate surface area is 103 Å². The van der Waals surface area contributed by atoms with Gasteiger partial charge in [-0.2, -0.15) is 0 Å². The Bertz CT molecular complexity index is 140. The Kier molecular flexibility index (Phi) is 10.1. The van der Waals surface area contributed by atoms with Crippen molar-refractivity contribution < 1.29 is 0 Å². The van der Waals surface area contributed by atoms with Crippen molar-refractivity contribution in [3.8, 4) is 0 Å². The van der Waals surface area contributed by atoms with Gasteiger partial charge in [0.25, 0.3) is 0 Å². The quantitative estimate of drug-likeness (QED) is 0.537. The summed E-state index contributed by atoms with van der Waals surface area (Å²) in [5.74, 6) is 1.65.